The van der Waals surface area contributed by atoms with Crippen LogP contribution in [0.1, 0.15) is 11.8 Å². The highest BCUT2D eigenvalue weighted by Crippen LogP contribution is 2.13. The van der Waals surface area contributed by atoms with Gasteiger partial charge in [-0.05, 0) is 17.7 Å². The van der Waals surface area contributed by atoms with Crippen molar-refractivity contribution in [3.63, 3.8) is 0 Å². The third-order valence-electron chi connectivity index (χ3n) is 1.41. The van der Waals surface area contributed by atoms with E-state index < -0.39 is 6.10 Å². The van der Waals surface area contributed by atoms with Crippen molar-refractivity contribution in [1.82, 2.24) is 4.98 Å². The monoisotopic (exact) mass is 198 g/mol. The van der Waals surface area contributed by atoms with Crippen LogP contribution in [0, 0.1) is 0 Å². The van der Waals surface area contributed by atoms with Gasteiger partial charge in [-0.3, -0.25) is 4.98 Å². The van der Waals surface area contributed by atoms with Gasteiger partial charge in [0.15, 0.2) is 0 Å². The molecule has 1 N–H and O–H groups in total. The van der Waals surface area contributed by atoms with Crippen LogP contribution in [0.25, 0.3) is 10.4 Å². The van der Waals surface area contributed by atoms with Crippen molar-refractivity contribution in [2.75, 3.05) is 6.54 Å². The van der Waals surface area contributed by atoms with E-state index in [1.807, 2.05) is 0 Å². The number of hydrogen-bond acceptors (Lipinski definition) is 3. The first-order valence-electron chi connectivity index (χ1n) is 3.54. The van der Waals surface area contributed by atoms with Crippen LogP contribution >= 0.6 is 11.6 Å². The molecule has 0 saturated heterocycles. The maximum Gasteiger partial charge on any atom is 0.102 e. The second-order valence-electron chi connectivity index (χ2n) is 2.33. The van der Waals surface area contributed by atoms with E-state index in [2.05, 4.69) is 15.0 Å². The second kappa shape index (κ2) is 4.67. The Hall–Kier alpha value is -1.29. The molecule has 1 unspecified atom stereocenters. The molecule has 0 aliphatic rings. The minimum absolute atomic E-state index is 0.0227. The zero-order chi connectivity index (χ0) is 9.68. The topological polar surface area (TPSA) is 81.9 Å². The SMILES string of the molecule is [N-]=[N+]=NCC(O)c1ccc(Cl)cn1. The first kappa shape index (κ1) is 9.80. The van der Waals surface area contributed by atoms with E-state index in [1.165, 1.54) is 6.20 Å². The molecule has 0 aliphatic carbocycles. The van der Waals surface area contributed by atoms with E-state index in [9.17, 15) is 5.11 Å². The standard InChI is InChI=1S/C7H7ClN4O/c8-5-1-2-6(10-3-5)7(13)4-11-12-9/h1-3,7,13H,4H2. The summed E-state index contributed by atoms with van der Waals surface area (Å²) in [4.78, 5) is 6.40. The molecule has 5 nitrogen and oxygen atoms in total. The largest absolute Gasteiger partial charge is 0.387 e. The minimum Gasteiger partial charge on any atom is -0.387 e. The van der Waals surface area contributed by atoms with Crippen molar-refractivity contribution in [2.24, 2.45) is 5.11 Å². The molecule has 0 radical (unpaired) electrons. The van der Waals surface area contributed by atoms with Gasteiger partial charge in [0.25, 0.3) is 0 Å². The number of aliphatic hydroxyl groups excluding tert-OH is 1. The average molecular weight is 199 g/mol. The lowest BCUT2D eigenvalue weighted by atomic mass is 10.2. The summed E-state index contributed by atoms with van der Waals surface area (Å²) < 4.78 is 0. The van der Waals surface area contributed by atoms with Gasteiger partial charge in [0.1, 0.15) is 6.10 Å². The van der Waals surface area contributed by atoms with Gasteiger partial charge in [0, 0.05) is 11.1 Å². The number of aromatic nitrogens is 1. The summed E-state index contributed by atoms with van der Waals surface area (Å²) in [6, 6.07) is 3.20. The Morgan fingerprint density at radius 3 is 3.00 bits per heavy atom. The minimum atomic E-state index is -0.867. The lowest BCUT2D eigenvalue weighted by molar-refractivity contribution is 0.182. The van der Waals surface area contributed by atoms with Crippen molar-refractivity contribution in [2.45, 2.75) is 6.10 Å². The van der Waals surface area contributed by atoms with Gasteiger partial charge in [-0.1, -0.05) is 16.7 Å². The summed E-state index contributed by atoms with van der Waals surface area (Å²) in [5, 5.41) is 13.1. The summed E-state index contributed by atoms with van der Waals surface area (Å²) in [5.41, 5.74) is 8.45. The second-order valence-corrected chi connectivity index (χ2v) is 2.77. The van der Waals surface area contributed by atoms with Crippen LogP contribution in [-0.2, 0) is 0 Å². The van der Waals surface area contributed by atoms with Crippen LogP contribution in [-0.4, -0.2) is 16.6 Å². The van der Waals surface area contributed by atoms with Crippen LogP contribution in [0.3, 0.4) is 0 Å². The fraction of sp³-hybridized carbons (Fsp3) is 0.286. The number of pyridine rings is 1. The Labute approximate surface area is 79.6 Å². The summed E-state index contributed by atoms with van der Waals surface area (Å²) in [6.07, 6.45) is 0.559. The van der Waals surface area contributed by atoms with Crippen molar-refractivity contribution < 1.29 is 5.11 Å². The van der Waals surface area contributed by atoms with Crippen LogP contribution < -0.4 is 0 Å². The molecule has 0 fully saturated rings. The molecule has 0 amide bonds. The van der Waals surface area contributed by atoms with Crippen molar-refractivity contribution >= 4 is 11.6 Å². The predicted octanol–water partition coefficient (Wildman–Crippen LogP) is 2.08. The zero-order valence-electron chi connectivity index (χ0n) is 6.63. The fourth-order valence-electron chi connectivity index (χ4n) is 0.792. The van der Waals surface area contributed by atoms with Crippen LogP contribution in [0.4, 0.5) is 0 Å². The lowest BCUT2D eigenvalue weighted by Crippen LogP contribution is -2.02. The molecule has 1 heterocycles. The Bertz CT molecular complexity index is 320. The highest BCUT2D eigenvalue weighted by molar-refractivity contribution is 6.30. The van der Waals surface area contributed by atoms with Crippen molar-refractivity contribution in [1.29, 1.82) is 0 Å². The number of aliphatic hydroxyl groups is 1. The summed E-state index contributed by atoms with van der Waals surface area (Å²) in [6.45, 7) is -0.0227. The van der Waals surface area contributed by atoms with E-state index in [-0.39, 0.29) is 6.54 Å². The van der Waals surface area contributed by atoms with Gasteiger partial charge in [-0.15, -0.1) is 0 Å². The van der Waals surface area contributed by atoms with Crippen LogP contribution in [0.5, 0.6) is 0 Å². The molecule has 1 atom stereocenters. The lowest BCUT2D eigenvalue weighted by Gasteiger charge is -2.05. The van der Waals surface area contributed by atoms with Gasteiger partial charge in [-0.2, -0.15) is 0 Å². The first-order chi connectivity index (χ1) is 6.24. The van der Waals surface area contributed by atoms with Crippen molar-refractivity contribution in [3.8, 4) is 0 Å². The Kier molecular flexibility index (Phi) is 3.52. The highest BCUT2D eigenvalue weighted by Gasteiger charge is 2.06. The fourth-order valence-corrected chi connectivity index (χ4v) is 0.904. The molecule has 68 valence electrons. The molecule has 0 aliphatic heterocycles. The average Bonchev–Trinajstić information content (AvgIpc) is 2.15. The first-order valence-corrected chi connectivity index (χ1v) is 3.92. The van der Waals surface area contributed by atoms with Crippen LogP contribution in [0.15, 0.2) is 23.4 Å². The molecule has 1 aromatic rings. The van der Waals surface area contributed by atoms with E-state index in [1.54, 1.807) is 12.1 Å². The molecule has 0 saturated carbocycles. The molecule has 13 heavy (non-hydrogen) atoms. The summed E-state index contributed by atoms with van der Waals surface area (Å²) in [5.74, 6) is 0. The van der Waals surface area contributed by atoms with Gasteiger partial charge < -0.3 is 5.11 Å². The molecule has 0 bridgehead atoms. The van der Waals surface area contributed by atoms with E-state index in [0.29, 0.717) is 10.7 Å². The molecule has 1 aromatic heterocycles. The Morgan fingerprint density at radius 2 is 2.46 bits per heavy atom. The zero-order valence-corrected chi connectivity index (χ0v) is 7.39. The van der Waals surface area contributed by atoms with Gasteiger partial charge in [0.2, 0.25) is 0 Å². The molecular formula is C7H7ClN4O. The Balaban J connectivity index is 2.71. The quantitative estimate of drug-likeness (QED) is 0.458. The number of nitrogens with zero attached hydrogens (tertiary/aromatic N) is 4. The number of azide groups is 1. The summed E-state index contributed by atoms with van der Waals surface area (Å²) >= 11 is 5.59. The molecule has 0 spiro atoms. The van der Waals surface area contributed by atoms with Gasteiger partial charge in [0.05, 0.1) is 17.3 Å². The number of halogens is 1. The van der Waals surface area contributed by atoms with Crippen molar-refractivity contribution in [3.05, 3.63) is 39.5 Å². The Morgan fingerprint density at radius 1 is 1.69 bits per heavy atom. The number of rotatable bonds is 3. The molecule has 0 aromatic carbocycles. The summed E-state index contributed by atoms with van der Waals surface area (Å²) in [7, 11) is 0. The van der Waals surface area contributed by atoms with Gasteiger partial charge in [-0.25, -0.2) is 0 Å². The van der Waals surface area contributed by atoms with E-state index in [4.69, 9.17) is 17.1 Å². The smallest absolute Gasteiger partial charge is 0.102 e. The normalized spacial score (nSPS) is 11.8. The van der Waals surface area contributed by atoms with Crippen LogP contribution in [0.2, 0.25) is 5.02 Å². The highest BCUT2D eigenvalue weighted by atomic mass is 35.5. The maximum atomic E-state index is 9.37. The maximum absolute atomic E-state index is 9.37. The molecular weight excluding hydrogens is 192 g/mol. The molecule has 1 rings (SSSR count). The predicted molar refractivity (Wildman–Crippen MR) is 48.2 cm³/mol. The van der Waals surface area contributed by atoms with E-state index in [0.717, 1.165) is 0 Å². The number of hydrogen-bond donors (Lipinski definition) is 1. The molecule has 6 heteroatoms. The third kappa shape index (κ3) is 2.91. The third-order valence-corrected chi connectivity index (χ3v) is 1.63. The van der Waals surface area contributed by atoms with E-state index >= 15 is 0 Å². The van der Waals surface area contributed by atoms with Gasteiger partial charge >= 0.3 is 0 Å².